The van der Waals surface area contributed by atoms with Crippen LogP contribution in [-0.2, 0) is 9.53 Å². The Morgan fingerprint density at radius 1 is 1.53 bits per heavy atom. The lowest BCUT2D eigenvalue weighted by atomic mass is 9.96. The summed E-state index contributed by atoms with van der Waals surface area (Å²) in [7, 11) is 1.42. The maximum absolute atomic E-state index is 11.7. The first kappa shape index (κ1) is 12.3. The van der Waals surface area contributed by atoms with E-state index in [4.69, 9.17) is 9.26 Å². The van der Waals surface area contributed by atoms with E-state index in [-0.39, 0.29) is 17.8 Å². The van der Waals surface area contributed by atoms with Crippen LogP contribution in [0.3, 0.4) is 0 Å². The highest BCUT2D eigenvalue weighted by atomic mass is 32.1. The van der Waals surface area contributed by atoms with Gasteiger partial charge < -0.3 is 9.26 Å². The fourth-order valence-electron chi connectivity index (χ4n) is 2.58. The predicted octanol–water partition coefficient (Wildman–Crippen LogP) is 2.85. The number of carbonyl (C=O) groups excluding carboxylic acids is 1. The van der Waals surface area contributed by atoms with Crippen LogP contribution in [0.15, 0.2) is 21.3 Å². The first-order chi connectivity index (χ1) is 9.29. The minimum absolute atomic E-state index is 0.00710. The summed E-state index contributed by atoms with van der Waals surface area (Å²) in [5.74, 6) is 0.798. The molecule has 6 heteroatoms. The molecule has 0 aromatic carbocycles. The van der Waals surface area contributed by atoms with Crippen molar-refractivity contribution >= 4 is 17.3 Å². The quantitative estimate of drug-likeness (QED) is 0.808. The molecule has 2 atom stereocenters. The Labute approximate surface area is 114 Å². The normalized spacial score (nSPS) is 22.6. The number of rotatable bonds is 3. The van der Waals surface area contributed by atoms with Crippen molar-refractivity contribution in [3.8, 4) is 11.4 Å². The summed E-state index contributed by atoms with van der Waals surface area (Å²) in [6, 6.07) is 1.95. The molecule has 1 aliphatic rings. The molecule has 1 fully saturated rings. The number of methoxy groups -OCH3 is 1. The van der Waals surface area contributed by atoms with Crippen molar-refractivity contribution in [3.63, 3.8) is 0 Å². The van der Waals surface area contributed by atoms with E-state index >= 15 is 0 Å². The van der Waals surface area contributed by atoms with Crippen LogP contribution in [0.1, 0.15) is 31.1 Å². The minimum atomic E-state index is -0.183. The maximum Gasteiger partial charge on any atom is 0.309 e. The summed E-state index contributed by atoms with van der Waals surface area (Å²) in [4.78, 5) is 16.1. The van der Waals surface area contributed by atoms with Gasteiger partial charge in [-0.05, 0) is 24.3 Å². The summed E-state index contributed by atoms with van der Waals surface area (Å²) in [5.41, 5.74) is 0.951. The molecule has 19 heavy (non-hydrogen) atoms. The summed E-state index contributed by atoms with van der Waals surface area (Å²) in [6.07, 6.45) is 2.71. The number of thiophene rings is 1. The third kappa shape index (κ3) is 2.28. The fourth-order valence-corrected chi connectivity index (χ4v) is 3.22. The highest BCUT2D eigenvalue weighted by Gasteiger charge is 2.38. The molecule has 3 rings (SSSR count). The van der Waals surface area contributed by atoms with Gasteiger partial charge in [-0.3, -0.25) is 4.79 Å². The molecule has 2 aromatic rings. The van der Waals surface area contributed by atoms with Crippen LogP contribution in [0.2, 0.25) is 0 Å². The maximum atomic E-state index is 11.7. The van der Waals surface area contributed by atoms with E-state index in [1.807, 2.05) is 16.8 Å². The molecule has 0 amide bonds. The Balaban J connectivity index is 1.84. The molecule has 0 saturated heterocycles. The van der Waals surface area contributed by atoms with Gasteiger partial charge in [0.25, 0.3) is 0 Å². The number of nitrogens with zero attached hydrogens (tertiary/aromatic N) is 2. The Kier molecular flexibility index (Phi) is 3.33. The molecule has 0 aliphatic heterocycles. The lowest BCUT2D eigenvalue weighted by Gasteiger charge is -2.12. The summed E-state index contributed by atoms with van der Waals surface area (Å²) in [6.45, 7) is 0. The average Bonchev–Trinajstić information content (AvgIpc) is 3.14. The molecule has 5 nitrogen and oxygen atoms in total. The SMILES string of the molecule is COC(=O)C1CCCC1c1nc(-c2ccsc2)no1. The monoisotopic (exact) mass is 278 g/mol. The third-order valence-corrected chi connectivity index (χ3v) is 4.24. The van der Waals surface area contributed by atoms with E-state index in [1.165, 1.54) is 7.11 Å². The standard InChI is InChI=1S/C13H14N2O3S/c1-17-13(16)10-4-2-3-9(10)12-14-11(15-18-12)8-5-6-19-7-8/h5-7,9-10H,2-4H2,1H3. The van der Waals surface area contributed by atoms with Gasteiger partial charge in [-0.15, -0.1) is 0 Å². The summed E-state index contributed by atoms with van der Waals surface area (Å²) < 4.78 is 10.2. The van der Waals surface area contributed by atoms with Gasteiger partial charge in [-0.25, -0.2) is 0 Å². The smallest absolute Gasteiger partial charge is 0.309 e. The molecular formula is C13H14N2O3S. The van der Waals surface area contributed by atoms with Crippen LogP contribution >= 0.6 is 11.3 Å². The van der Waals surface area contributed by atoms with Crippen LogP contribution in [0.5, 0.6) is 0 Å². The van der Waals surface area contributed by atoms with Gasteiger partial charge in [-0.1, -0.05) is 11.6 Å². The molecule has 0 bridgehead atoms. The van der Waals surface area contributed by atoms with E-state index < -0.39 is 0 Å². The van der Waals surface area contributed by atoms with Gasteiger partial charge in [0, 0.05) is 10.9 Å². The number of hydrogen-bond donors (Lipinski definition) is 0. The van der Waals surface area contributed by atoms with Crippen LogP contribution in [0, 0.1) is 5.92 Å². The van der Waals surface area contributed by atoms with E-state index in [1.54, 1.807) is 11.3 Å². The minimum Gasteiger partial charge on any atom is -0.469 e. The highest BCUT2D eigenvalue weighted by Crippen LogP contribution is 2.40. The van der Waals surface area contributed by atoms with Crippen molar-refractivity contribution in [2.75, 3.05) is 7.11 Å². The van der Waals surface area contributed by atoms with Crippen molar-refractivity contribution in [3.05, 3.63) is 22.7 Å². The molecule has 1 saturated carbocycles. The zero-order chi connectivity index (χ0) is 13.2. The Bertz CT molecular complexity index is 564. The first-order valence-corrected chi connectivity index (χ1v) is 7.18. The molecule has 2 unspecified atom stereocenters. The van der Waals surface area contributed by atoms with Crippen LogP contribution in [-0.4, -0.2) is 23.2 Å². The van der Waals surface area contributed by atoms with Gasteiger partial charge in [0.1, 0.15) is 0 Å². The van der Waals surface area contributed by atoms with Crippen molar-refractivity contribution in [2.45, 2.75) is 25.2 Å². The first-order valence-electron chi connectivity index (χ1n) is 6.23. The van der Waals surface area contributed by atoms with Crippen molar-refractivity contribution in [1.29, 1.82) is 0 Å². The molecular weight excluding hydrogens is 264 g/mol. The number of aromatic nitrogens is 2. The largest absolute Gasteiger partial charge is 0.469 e. The van der Waals surface area contributed by atoms with Crippen molar-refractivity contribution < 1.29 is 14.1 Å². The molecule has 0 spiro atoms. The Morgan fingerprint density at radius 3 is 3.16 bits per heavy atom. The molecule has 0 radical (unpaired) electrons. The van der Waals surface area contributed by atoms with Gasteiger partial charge in [-0.2, -0.15) is 16.3 Å². The van der Waals surface area contributed by atoms with Crippen molar-refractivity contribution in [1.82, 2.24) is 10.1 Å². The topological polar surface area (TPSA) is 65.2 Å². The van der Waals surface area contributed by atoms with Gasteiger partial charge in [0.05, 0.1) is 18.9 Å². The van der Waals surface area contributed by atoms with Crippen LogP contribution in [0.4, 0.5) is 0 Å². The van der Waals surface area contributed by atoms with E-state index in [2.05, 4.69) is 10.1 Å². The van der Waals surface area contributed by atoms with Gasteiger partial charge >= 0.3 is 5.97 Å². The zero-order valence-electron chi connectivity index (χ0n) is 10.5. The summed E-state index contributed by atoms with van der Waals surface area (Å²) >= 11 is 1.59. The fraction of sp³-hybridized carbons (Fsp3) is 0.462. The van der Waals surface area contributed by atoms with Crippen LogP contribution in [0.25, 0.3) is 11.4 Å². The second kappa shape index (κ2) is 5.13. The number of ether oxygens (including phenoxy) is 1. The Morgan fingerprint density at radius 2 is 2.42 bits per heavy atom. The van der Waals surface area contributed by atoms with E-state index in [9.17, 15) is 4.79 Å². The average molecular weight is 278 g/mol. The van der Waals surface area contributed by atoms with Crippen LogP contribution < -0.4 is 0 Å². The van der Waals surface area contributed by atoms with Gasteiger partial charge in [0.15, 0.2) is 0 Å². The second-order valence-electron chi connectivity index (χ2n) is 4.64. The highest BCUT2D eigenvalue weighted by molar-refractivity contribution is 7.08. The Hall–Kier alpha value is -1.69. The third-order valence-electron chi connectivity index (χ3n) is 3.56. The number of hydrogen-bond acceptors (Lipinski definition) is 6. The zero-order valence-corrected chi connectivity index (χ0v) is 11.4. The molecule has 2 heterocycles. The molecule has 0 N–H and O–H groups in total. The lowest BCUT2D eigenvalue weighted by Crippen LogP contribution is -2.19. The number of esters is 1. The second-order valence-corrected chi connectivity index (χ2v) is 5.42. The molecule has 100 valence electrons. The lowest BCUT2D eigenvalue weighted by molar-refractivity contribution is -0.145. The molecule has 2 aromatic heterocycles. The predicted molar refractivity (Wildman–Crippen MR) is 69.7 cm³/mol. The van der Waals surface area contributed by atoms with E-state index in [0.717, 1.165) is 24.8 Å². The van der Waals surface area contributed by atoms with E-state index in [0.29, 0.717) is 11.7 Å². The van der Waals surface area contributed by atoms with Crippen molar-refractivity contribution in [2.24, 2.45) is 5.92 Å². The van der Waals surface area contributed by atoms with Gasteiger partial charge in [0.2, 0.25) is 11.7 Å². The summed E-state index contributed by atoms with van der Waals surface area (Å²) in [5, 5.41) is 7.93. The number of carbonyl (C=O) groups is 1. The molecule has 1 aliphatic carbocycles.